The van der Waals surface area contributed by atoms with Gasteiger partial charge in [0.1, 0.15) is 16.6 Å². The molecule has 0 aromatic carbocycles. The van der Waals surface area contributed by atoms with Gasteiger partial charge in [-0.15, -0.1) is 11.3 Å². The average molecular weight is 536 g/mol. The smallest absolute Gasteiger partial charge is 0.410 e. The van der Waals surface area contributed by atoms with Crippen molar-refractivity contribution in [3.05, 3.63) is 51.9 Å². The van der Waals surface area contributed by atoms with E-state index in [0.29, 0.717) is 23.1 Å². The molecule has 5 rings (SSSR count). The Morgan fingerprint density at radius 1 is 1.30 bits per heavy atom. The third kappa shape index (κ3) is 4.74. The number of carbonyl (C=O) groups excluding carboxylic acids is 2. The number of alkyl halides is 3. The normalized spacial score (nSPS) is 21.6. The summed E-state index contributed by atoms with van der Waals surface area (Å²) in [5.74, 6) is -0.542. The summed E-state index contributed by atoms with van der Waals surface area (Å²) in [5.41, 5.74) is 6.68. The zero-order chi connectivity index (χ0) is 26.7. The van der Waals surface area contributed by atoms with E-state index in [1.54, 1.807) is 12.1 Å². The van der Waals surface area contributed by atoms with Crippen molar-refractivity contribution in [3.8, 4) is 0 Å². The van der Waals surface area contributed by atoms with Gasteiger partial charge in [0.15, 0.2) is 11.7 Å². The molecule has 0 bridgehead atoms. The van der Waals surface area contributed by atoms with Gasteiger partial charge in [0.05, 0.1) is 17.9 Å². The summed E-state index contributed by atoms with van der Waals surface area (Å²) in [7, 11) is 0. The fraction of sp³-hybridized carbons (Fsp3) is 0.480. The van der Waals surface area contributed by atoms with Crippen molar-refractivity contribution in [2.45, 2.75) is 64.7 Å². The number of rotatable bonds is 4. The van der Waals surface area contributed by atoms with Crippen LogP contribution in [0.2, 0.25) is 0 Å². The van der Waals surface area contributed by atoms with Crippen LogP contribution in [0.5, 0.6) is 0 Å². The van der Waals surface area contributed by atoms with Gasteiger partial charge < -0.3 is 20.8 Å². The topological polar surface area (TPSA) is 115 Å². The van der Waals surface area contributed by atoms with Crippen LogP contribution >= 0.6 is 11.3 Å². The molecular weight excluding hydrogens is 507 g/mol. The number of anilines is 2. The van der Waals surface area contributed by atoms with Gasteiger partial charge >= 0.3 is 6.18 Å². The van der Waals surface area contributed by atoms with Crippen molar-refractivity contribution in [2.75, 3.05) is 10.6 Å². The second-order valence-electron chi connectivity index (χ2n) is 10.7. The molecule has 2 amide bonds. The molecule has 0 saturated heterocycles. The maximum atomic E-state index is 13.9. The highest BCUT2D eigenvalue weighted by Crippen LogP contribution is 2.45. The Labute approximate surface area is 215 Å². The summed E-state index contributed by atoms with van der Waals surface area (Å²) in [4.78, 5) is 26.5. The fourth-order valence-corrected chi connectivity index (χ4v) is 6.53. The number of carbonyl (C=O) groups is 2. The lowest BCUT2D eigenvalue weighted by Crippen LogP contribution is -2.35. The molecule has 0 saturated carbocycles. The van der Waals surface area contributed by atoms with Crippen molar-refractivity contribution >= 4 is 34.0 Å². The Bertz CT molecular complexity index is 1340. The van der Waals surface area contributed by atoms with Gasteiger partial charge in [-0.3, -0.25) is 9.59 Å². The Kier molecular flexibility index (Phi) is 6.12. The number of amides is 2. The predicted molar refractivity (Wildman–Crippen MR) is 133 cm³/mol. The Hall–Kier alpha value is -3.28. The van der Waals surface area contributed by atoms with Crippen molar-refractivity contribution in [1.29, 1.82) is 0 Å². The maximum Gasteiger partial charge on any atom is 0.410 e. The second-order valence-corrected chi connectivity index (χ2v) is 11.8. The molecule has 0 fully saturated rings. The van der Waals surface area contributed by atoms with E-state index < -0.39 is 30.1 Å². The molecule has 0 unspecified atom stereocenters. The summed E-state index contributed by atoms with van der Waals surface area (Å²) < 4.78 is 47.8. The van der Waals surface area contributed by atoms with E-state index in [-0.39, 0.29) is 28.9 Å². The average Bonchev–Trinajstić information content (AvgIpc) is 3.53. The summed E-state index contributed by atoms with van der Waals surface area (Å²) in [6, 6.07) is 1.80. The third-order valence-electron chi connectivity index (χ3n) is 7.27. The van der Waals surface area contributed by atoms with Crippen molar-refractivity contribution in [1.82, 2.24) is 9.78 Å². The zero-order valence-corrected chi connectivity index (χ0v) is 21.4. The van der Waals surface area contributed by atoms with E-state index in [1.807, 2.05) is 0 Å². The van der Waals surface area contributed by atoms with Crippen molar-refractivity contribution < 1.29 is 27.2 Å². The molecule has 8 nitrogen and oxygen atoms in total. The summed E-state index contributed by atoms with van der Waals surface area (Å²) in [6.45, 7) is 6.52. The van der Waals surface area contributed by atoms with Gasteiger partial charge in [-0.2, -0.15) is 18.3 Å². The van der Waals surface area contributed by atoms with Gasteiger partial charge in [0.2, 0.25) is 0 Å². The molecule has 4 N–H and O–H groups in total. The van der Waals surface area contributed by atoms with Gasteiger partial charge in [-0.25, -0.2) is 4.68 Å². The van der Waals surface area contributed by atoms with Gasteiger partial charge in [0.25, 0.3) is 11.8 Å². The van der Waals surface area contributed by atoms with Crippen LogP contribution in [0, 0.1) is 11.3 Å². The molecule has 1 aliphatic carbocycles. The molecule has 198 valence electrons. The molecule has 12 heteroatoms. The standard InChI is InChI=1S/C25H28F3N5O3S/c1-24(2,3)12-6-7-13-17(9-12)37-23(20(13)21(29)34)31-22(35)15-11-19-30-14(16-5-4-8-36-16)10-18(25(26,27)28)33(19)32-15/h4-5,8,11-12,14,18,30H,6-7,9-10H2,1-3H3,(H2,29,34)(H,31,35)/t12-,14-,18-/m0/s1. The van der Waals surface area contributed by atoms with E-state index >= 15 is 0 Å². The largest absolute Gasteiger partial charge is 0.467 e. The third-order valence-corrected chi connectivity index (χ3v) is 8.44. The number of nitrogens with one attached hydrogen (secondary N) is 2. The molecule has 37 heavy (non-hydrogen) atoms. The van der Waals surface area contributed by atoms with Crippen LogP contribution in [0.15, 0.2) is 28.9 Å². The van der Waals surface area contributed by atoms with Crippen molar-refractivity contribution in [3.63, 3.8) is 0 Å². The molecule has 3 aromatic heterocycles. The Morgan fingerprint density at radius 3 is 2.68 bits per heavy atom. The number of fused-ring (bicyclic) bond motifs is 2. The van der Waals surface area contributed by atoms with Crippen LogP contribution in [0.1, 0.15) is 82.7 Å². The number of furan rings is 1. The van der Waals surface area contributed by atoms with E-state index in [0.717, 1.165) is 28.0 Å². The van der Waals surface area contributed by atoms with Crippen LogP contribution in [0.4, 0.5) is 24.0 Å². The van der Waals surface area contributed by atoms with Crippen LogP contribution < -0.4 is 16.4 Å². The summed E-state index contributed by atoms with van der Waals surface area (Å²) in [6.07, 6.45) is -1.20. The van der Waals surface area contributed by atoms with Gasteiger partial charge in [0, 0.05) is 17.4 Å². The number of hydrogen-bond donors (Lipinski definition) is 3. The monoisotopic (exact) mass is 535 g/mol. The minimum absolute atomic E-state index is 0.0498. The zero-order valence-electron chi connectivity index (χ0n) is 20.6. The first-order valence-electron chi connectivity index (χ1n) is 12.0. The van der Waals surface area contributed by atoms with E-state index in [1.165, 1.54) is 23.7 Å². The van der Waals surface area contributed by atoms with Crippen molar-refractivity contribution in [2.24, 2.45) is 17.1 Å². The van der Waals surface area contributed by atoms with E-state index in [9.17, 15) is 22.8 Å². The second kappa shape index (κ2) is 8.93. The highest BCUT2D eigenvalue weighted by Gasteiger charge is 2.47. The highest BCUT2D eigenvalue weighted by atomic mass is 32.1. The molecular formula is C25H28F3N5O3S. The van der Waals surface area contributed by atoms with Crippen LogP contribution in [-0.2, 0) is 12.8 Å². The predicted octanol–water partition coefficient (Wildman–Crippen LogP) is 5.70. The number of nitrogens with zero attached hydrogens (tertiary/aromatic N) is 2. The molecule has 1 aliphatic heterocycles. The number of nitrogens with two attached hydrogens (primary N) is 1. The van der Waals surface area contributed by atoms with Crippen LogP contribution in [0.3, 0.4) is 0 Å². The molecule has 0 spiro atoms. The van der Waals surface area contributed by atoms with Gasteiger partial charge in [-0.1, -0.05) is 20.8 Å². The molecule has 3 atom stereocenters. The van der Waals surface area contributed by atoms with Gasteiger partial charge in [-0.05, 0) is 48.3 Å². The quantitative estimate of drug-likeness (QED) is 0.396. The molecule has 4 heterocycles. The first kappa shape index (κ1) is 25.4. The number of aromatic nitrogens is 2. The highest BCUT2D eigenvalue weighted by molar-refractivity contribution is 7.17. The SMILES string of the molecule is CC(C)(C)[C@H]1CCc2c(sc(NC(=O)c3cc4n(n3)[C@H](C(F)(F)F)C[C@@H](c3ccco3)N4)c2C(N)=O)C1. The number of primary amides is 1. The first-order valence-corrected chi connectivity index (χ1v) is 12.9. The number of halogens is 3. The number of thiophene rings is 1. The molecule has 3 aromatic rings. The van der Waals surface area contributed by atoms with E-state index in [2.05, 4.69) is 36.5 Å². The van der Waals surface area contributed by atoms with E-state index in [4.69, 9.17) is 10.2 Å². The lowest BCUT2D eigenvalue weighted by molar-refractivity contribution is -0.174. The summed E-state index contributed by atoms with van der Waals surface area (Å²) >= 11 is 1.30. The summed E-state index contributed by atoms with van der Waals surface area (Å²) in [5, 5.41) is 9.97. The Balaban J connectivity index is 1.44. The lowest BCUT2D eigenvalue weighted by Gasteiger charge is -2.33. The Morgan fingerprint density at radius 2 is 2.05 bits per heavy atom. The molecule has 2 aliphatic rings. The van der Waals surface area contributed by atoms with Crippen LogP contribution in [-0.4, -0.2) is 27.8 Å². The fourth-order valence-electron chi connectivity index (χ4n) is 5.20. The number of hydrogen-bond acceptors (Lipinski definition) is 6. The van der Waals surface area contributed by atoms with Crippen LogP contribution in [0.25, 0.3) is 0 Å². The minimum Gasteiger partial charge on any atom is -0.467 e. The molecule has 0 radical (unpaired) electrons. The lowest BCUT2D eigenvalue weighted by atomic mass is 9.72. The first-order chi connectivity index (χ1) is 17.3. The maximum absolute atomic E-state index is 13.9. The minimum atomic E-state index is -4.59.